The van der Waals surface area contributed by atoms with E-state index in [1.807, 2.05) is 19.1 Å². The molecule has 1 aromatic carbocycles. The van der Waals surface area contributed by atoms with Crippen LogP contribution in [0.2, 0.25) is 0 Å². The molecule has 0 saturated carbocycles. The predicted molar refractivity (Wildman–Crippen MR) is 78.1 cm³/mol. The number of thiocarbonyl (C=S) groups is 1. The summed E-state index contributed by atoms with van der Waals surface area (Å²) >= 11 is 8.62. The molecule has 0 aliphatic rings. The minimum Gasteiger partial charge on any atom is -0.383 e. The zero-order valence-corrected chi connectivity index (χ0v) is 12.4. The van der Waals surface area contributed by atoms with Crippen molar-refractivity contribution in [2.45, 2.75) is 19.5 Å². The average Bonchev–Trinajstić information content (AvgIpc) is 2.27. The van der Waals surface area contributed by atoms with E-state index in [2.05, 4.69) is 38.7 Å². The highest BCUT2D eigenvalue weighted by Crippen LogP contribution is 2.11. The minimum absolute atomic E-state index is 0.211. The second-order valence-electron chi connectivity index (χ2n) is 3.81. The molecule has 0 saturated heterocycles. The third-order valence-electron chi connectivity index (χ3n) is 2.14. The highest BCUT2D eigenvalue weighted by Gasteiger charge is 2.03. The van der Waals surface area contributed by atoms with Gasteiger partial charge >= 0.3 is 0 Å². The van der Waals surface area contributed by atoms with Gasteiger partial charge in [-0.2, -0.15) is 0 Å². The summed E-state index contributed by atoms with van der Waals surface area (Å²) in [7, 11) is 1.68. The van der Waals surface area contributed by atoms with Crippen LogP contribution in [0.1, 0.15) is 12.5 Å². The molecule has 1 atom stereocenters. The predicted octanol–water partition coefficient (Wildman–Crippen LogP) is 2.45. The lowest BCUT2D eigenvalue weighted by molar-refractivity contribution is 0.179. The fraction of sp³-hybridized carbons (Fsp3) is 0.417. The molecule has 3 nitrogen and oxygen atoms in total. The van der Waals surface area contributed by atoms with Crippen LogP contribution in [-0.2, 0) is 11.3 Å². The van der Waals surface area contributed by atoms with Gasteiger partial charge in [-0.15, -0.1) is 0 Å². The van der Waals surface area contributed by atoms with Crippen LogP contribution in [0, 0.1) is 0 Å². The standard InChI is InChI=1S/C12H17BrN2OS/c1-9(8-16-2)15-12(17)14-7-10-4-3-5-11(13)6-10/h3-6,9H,7-8H2,1-2H3,(H2,14,15,17). The summed E-state index contributed by atoms with van der Waals surface area (Å²) in [6, 6.07) is 8.33. The molecule has 0 spiro atoms. The van der Waals surface area contributed by atoms with Crippen LogP contribution in [0.5, 0.6) is 0 Å². The summed E-state index contributed by atoms with van der Waals surface area (Å²) in [5.41, 5.74) is 1.18. The Balaban J connectivity index is 2.33. The lowest BCUT2D eigenvalue weighted by Crippen LogP contribution is -2.42. The maximum absolute atomic E-state index is 5.19. The first-order valence-corrected chi connectivity index (χ1v) is 6.59. The highest BCUT2D eigenvalue weighted by molar-refractivity contribution is 9.10. The summed E-state index contributed by atoms with van der Waals surface area (Å²) < 4.78 is 6.10. The number of hydrogen-bond acceptors (Lipinski definition) is 2. The Bertz CT molecular complexity index is 373. The summed E-state index contributed by atoms with van der Waals surface area (Å²) in [4.78, 5) is 0. The normalized spacial score (nSPS) is 11.9. The summed E-state index contributed by atoms with van der Waals surface area (Å²) in [5.74, 6) is 0. The summed E-state index contributed by atoms with van der Waals surface area (Å²) in [5, 5.41) is 6.96. The van der Waals surface area contributed by atoms with Crippen molar-refractivity contribution < 1.29 is 4.74 Å². The number of ether oxygens (including phenoxy) is 1. The van der Waals surface area contributed by atoms with Crippen molar-refractivity contribution in [1.29, 1.82) is 0 Å². The highest BCUT2D eigenvalue weighted by atomic mass is 79.9. The van der Waals surface area contributed by atoms with Crippen LogP contribution in [0.3, 0.4) is 0 Å². The smallest absolute Gasteiger partial charge is 0.166 e. The molecule has 1 rings (SSSR count). The van der Waals surface area contributed by atoms with E-state index in [1.54, 1.807) is 7.11 Å². The monoisotopic (exact) mass is 316 g/mol. The van der Waals surface area contributed by atoms with Crippen molar-refractivity contribution in [3.05, 3.63) is 34.3 Å². The van der Waals surface area contributed by atoms with E-state index in [0.29, 0.717) is 18.3 Å². The fourth-order valence-electron chi connectivity index (χ4n) is 1.40. The Hall–Kier alpha value is -0.650. The van der Waals surface area contributed by atoms with Gasteiger partial charge < -0.3 is 15.4 Å². The average molecular weight is 317 g/mol. The van der Waals surface area contributed by atoms with Crippen molar-refractivity contribution in [2.24, 2.45) is 0 Å². The molecule has 1 unspecified atom stereocenters. The second-order valence-corrected chi connectivity index (χ2v) is 5.14. The summed E-state index contributed by atoms with van der Waals surface area (Å²) in [6.07, 6.45) is 0. The number of nitrogens with one attached hydrogen (secondary N) is 2. The van der Waals surface area contributed by atoms with E-state index >= 15 is 0 Å². The van der Waals surface area contributed by atoms with Crippen molar-refractivity contribution in [3.63, 3.8) is 0 Å². The van der Waals surface area contributed by atoms with Gasteiger partial charge in [-0.25, -0.2) is 0 Å². The quantitative estimate of drug-likeness (QED) is 0.818. The largest absolute Gasteiger partial charge is 0.383 e. The molecular weight excluding hydrogens is 300 g/mol. The first kappa shape index (κ1) is 14.4. The number of halogens is 1. The Morgan fingerprint density at radius 2 is 2.29 bits per heavy atom. The second kappa shape index (κ2) is 7.63. The van der Waals surface area contributed by atoms with Crippen LogP contribution in [-0.4, -0.2) is 24.9 Å². The zero-order chi connectivity index (χ0) is 12.7. The van der Waals surface area contributed by atoms with E-state index in [-0.39, 0.29) is 6.04 Å². The maximum Gasteiger partial charge on any atom is 0.166 e. The molecule has 0 radical (unpaired) electrons. The van der Waals surface area contributed by atoms with Gasteiger partial charge in [0.15, 0.2) is 5.11 Å². The number of rotatable bonds is 5. The van der Waals surface area contributed by atoms with Crippen molar-refractivity contribution in [1.82, 2.24) is 10.6 Å². The fourth-order valence-corrected chi connectivity index (χ4v) is 2.12. The molecule has 0 heterocycles. The molecule has 0 aliphatic carbocycles. The Labute approximate surface area is 116 Å². The van der Waals surface area contributed by atoms with E-state index in [4.69, 9.17) is 17.0 Å². The lowest BCUT2D eigenvalue weighted by atomic mass is 10.2. The maximum atomic E-state index is 5.19. The van der Waals surface area contributed by atoms with Gasteiger partial charge in [0.05, 0.1) is 6.61 Å². The molecule has 1 aromatic rings. The van der Waals surface area contributed by atoms with E-state index in [1.165, 1.54) is 5.56 Å². The molecule has 94 valence electrons. The first-order chi connectivity index (χ1) is 8.11. The van der Waals surface area contributed by atoms with Crippen LogP contribution in [0.4, 0.5) is 0 Å². The van der Waals surface area contributed by atoms with E-state index in [0.717, 1.165) is 4.47 Å². The van der Waals surface area contributed by atoms with Crippen molar-refractivity contribution >= 4 is 33.3 Å². The zero-order valence-electron chi connectivity index (χ0n) is 10.00. The van der Waals surface area contributed by atoms with Gasteiger partial charge in [0.25, 0.3) is 0 Å². The van der Waals surface area contributed by atoms with Crippen LogP contribution < -0.4 is 10.6 Å². The van der Waals surface area contributed by atoms with Gasteiger partial charge in [-0.1, -0.05) is 28.1 Å². The van der Waals surface area contributed by atoms with E-state index in [9.17, 15) is 0 Å². The van der Waals surface area contributed by atoms with Gasteiger partial charge in [0.1, 0.15) is 0 Å². The molecule has 0 bridgehead atoms. The van der Waals surface area contributed by atoms with Crippen molar-refractivity contribution in [3.8, 4) is 0 Å². The SMILES string of the molecule is COCC(C)NC(=S)NCc1cccc(Br)c1. The van der Waals surface area contributed by atoms with Gasteiger partial charge in [0, 0.05) is 24.2 Å². The van der Waals surface area contributed by atoms with Crippen molar-refractivity contribution in [2.75, 3.05) is 13.7 Å². The van der Waals surface area contributed by atoms with Crippen LogP contribution in [0.15, 0.2) is 28.7 Å². The molecule has 0 aliphatic heterocycles. The molecule has 5 heteroatoms. The van der Waals surface area contributed by atoms with E-state index < -0.39 is 0 Å². The Morgan fingerprint density at radius 3 is 2.94 bits per heavy atom. The van der Waals surface area contributed by atoms with Crippen LogP contribution >= 0.6 is 28.1 Å². The summed E-state index contributed by atoms with van der Waals surface area (Å²) in [6.45, 7) is 3.38. The van der Waals surface area contributed by atoms with Gasteiger partial charge in [-0.3, -0.25) is 0 Å². The number of hydrogen-bond donors (Lipinski definition) is 2. The van der Waals surface area contributed by atoms with Gasteiger partial charge in [0.2, 0.25) is 0 Å². The molecule has 2 N–H and O–H groups in total. The molecular formula is C12H17BrN2OS. The lowest BCUT2D eigenvalue weighted by Gasteiger charge is -2.16. The number of methoxy groups -OCH3 is 1. The van der Waals surface area contributed by atoms with Gasteiger partial charge in [-0.05, 0) is 36.8 Å². The Morgan fingerprint density at radius 1 is 1.53 bits per heavy atom. The minimum atomic E-state index is 0.211. The Kier molecular flexibility index (Phi) is 6.47. The molecule has 0 aromatic heterocycles. The topological polar surface area (TPSA) is 33.3 Å². The molecule has 0 fully saturated rings. The first-order valence-electron chi connectivity index (χ1n) is 5.39. The third kappa shape index (κ3) is 6.00. The molecule has 17 heavy (non-hydrogen) atoms. The number of benzene rings is 1. The van der Waals surface area contributed by atoms with Crippen LogP contribution in [0.25, 0.3) is 0 Å². The third-order valence-corrected chi connectivity index (χ3v) is 2.89. The molecule has 0 amide bonds.